The molecular weight excluding hydrogens is 757 g/mol. The van der Waals surface area contributed by atoms with Gasteiger partial charge in [0.25, 0.3) is 0 Å². The monoisotopic (exact) mass is 790 g/mol. The highest BCUT2D eigenvalue weighted by molar-refractivity contribution is 9.10. The second-order valence-electron chi connectivity index (χ2n) is 14.7. The normalized spacial score (nSPS) is 11.6. The van der Waals surface area contributed by atoms with E-state index < -0.39 is 0 Å². The third kappa shape index (κ3) is 5.78. The Labute approximate surface area is 339 Å². The van der Waals surface area contributed by atoms with Gasteiger partial charge in [-0.2, -0.15) is 0 Å². The molecule has 2 nitrogen and oxygen atoms in total. The molecule has 9 aromatic carbocycles. The number of benzene rings is 9. The van der Waals surface area contributed by atoms with E-state index >= 15 is 0 Å². The molecule has 0 bridgehead atoms. The SMILES string of the molecule is Brc1ccc(-c2cc(-c3ccc4c(c3)c3ccccc3n4-c3ccccc3)cc(-c3ccc4c5ccc(-c6ccccc6)cc5n(-c5ccccc5)c4c3)c2)cc1. The molecule has 0 saturated carbocycles. The molecule has 268 valence electrons. The fraction of sp³-hybridized carbons (Fsp3) is 0. The molecule has 0 unspecified atom stereocenters. The van der Waals surface area contributed by atoms with Crippen LogP contribution in [0, 0.1) is 0 Å². The summed E-state index contributed by atoms with van der Waals surface area (Å²) >= 11 is 3.66. The lowest BCUT2D eigenvalue weighted by Gasteiger charge is -2.13. The minimum absolute atomic E-state index is 1.07. The first-order valence-electron chi connectivity index (χ1n) is 19.4. The minimum Gasteiger partial charge on any atom is -0.309 e. The van der Waals surface area contributed by atoms with Crippen LogP contribution in [0.1, 0.15) is 0 Å². The van der Waals surface area contributed by atoms with E-state index in [1.807, 2.05) is 0 Å². The van der Waals surface area contributed by atoms with Crippen LogP contribution in [0.15, 0.2) is 217 Å². The van der Waals surface area contributed by atoms with Crippen molar-refractivity contribution in [3.63, 3.8) is 0 Å². The zero-order chi connectivity index (χ0) is 37.9. The van der Waals surface area contributed by atoms with Crippen LogP contribution in [-0.2, 0) is 0 Å². The molecule has 57 heavy (non-hydrogen) atoms. The van der Waals surface area contributed by atoms with Crippen molar-refractivity contribution in [2.45, 2.75) is 0 Å². The minimum atomic E-state index is 1.07. The summed E-state index contributed by atoms with van der Waals surface area (Å²) in [5.74, 6) is 0. The summed E-state index contributed by atoms with van der Waals surface area (Å²) in [6.45, 7) is 0. The first-order valence-corrected chi connectivity index (χ1v) is 20.2. The quantitative estimate of drug-likeness (QED) is 0.159. The highest BCUT2D eigenvalue weighted by atomic mass is 79.9. The van der Waals surface area contributed by atoms with Crippen LogP contribution < -0.4 is 0 Å². The van der Waals surface area contributed by atoms with Crippen molar-refractivity contribution in [3.05, 3.63) is 217 Å². The molecule has 0 N–H and O–H groups in total. The van der Waals surface area contributed by atoms with Crippen molar-refractivity contribution in [1.82, 2.24) is 9.13 Å². The zero-order valence-electron chi connectivity index (χ0n) is 31.0. The number of hydrogen-bond donors (Lipinski definition) is 0. The number of nitrogens with zero attached hydrogens (tertiary/aromatic N) is 2. The molecule has 2 aromatic heterocycles. The fourth-order valence-corrected chi connectivity index (χ4v) is 8.91. The van der Waals surface area contributed by atoms with E-state index in [-0.39, 0.29) is 0 Å². The van der Waals surface area contributed by atoms with E-state index in [1.54, 1.807) is 0 Å². The first-order chi connectivity index (χ1) is 28.2. The molecule has 0 aliphatic carbocycles. The van der Waals surface area contributed by atoms with Gasteiger partial charge in [-0.3, -0.25) is 0 Å². The standard InChI is InChI=1S/C54H35BrN2/c55-44-25-20-37(21-26-44)41-30-42(38-24-29-52-50(33-38)47-18-10-11-19-51(47)56(52)45-14-6-2-7-15-45)32-43(31-41)40-23-28-49-48-27-22-39(36-12-4-1-5-13-36)34-53(48)57(54(49)35-40)46-16-8-3-9-17-46/h1-35H. The molecule has 11 rings (SSSR count). The van der Waals surface area contributed by atoms with Gasteiger partial charge in [-0.25, -0.2) is 0 Å². The Hall–Kier alpha value is -6.94. The molecule has 3 heteroatoms. The lowest BCUT2D eigenvalue weighted by molar-refractivity contribution is 1.18. The van der Waals surface area contributed by atoms with Crippen LogP contribution in [-0.4, -0.2) is 9.13 Å². The number of halogens is 1. The second kappa shape index (κ2) is 13.7. The van der Waals surface area contributed by atoms with Crippen LogP contribution in [0.5, 0.6) is 0 Å². The predicted molar refractivity (Wildman–Crippen MR) is 245 cm³/mol. The molecule has 0 atom stereocenters. The Morgan fingerprint density at radius 2 is 0.649 bits per heavy atom. The number of hydrogen-bond acceptors (Lipinski definition) is 0. The lowest BCUT2D eigenvalue weighted by Crippen LogP contribution is -1.94. The smallest absolute Gasteiger partial charge is 0.0547 e. The van der Waals surface area contributed by atoms with E-state index in [1.165, 1.54) is 88.1 Å². The van der Waals surface area contributed by atoms with Gasteiger partial charge in [0.05, 0.1) is 22.1 Å². The Morgan fingerprint density at radius 3 is 1.26 bits per heavy atom. The summed E-state index contributed by atoms with van der Waals surface area (Å²) in [6.07, 6.45) is 0. The van der Waals surface area contributed by atoms with Gasteiger partial charge >= 0.3 is 0 Å². The molecule has 0 spiro atoms. The summed E-state index contributed by atoms with van der Waals surface area (Å²) in [5.41, 5.74) is 16.6. The van der Waals surface area contributed by atoms with Crippen molar-refractivity contribution >= 4 is 59.5 Å². The van der Waals surface area contributed by atoms with Crippen LogP contribution in [0.2, 0.25) is 0 Å². The lowest BCUT2D eigenvalue weighted by atomic mass is 9.92. The maximum absolute atomic E-state index is 3.66. The van der Waals surface area contributed by atoms with Gasteiger partial charge in [0.15, 0.2) is 0 Å². The molecule has 2 heterocycles. The maximum atomic E-state index is 3.66. The molecule has 0 saturated heterocycles. The Balaban J connectivity index is 1.12. The van der Waals surface area contributed by atoms with Gasteiger partial charge in [0.1, 0.15) is 0 Å². The number of rotatable bonds is 6. The number of para-hydroxylation sites is 3. The number of fused-ring (bicyclic) bond motifs is 6. The molecule has 11 aromatic rings. The van der Waals surface area contributed by atoms with Crippen molar-refractivity contribution < 1.29 is 0 Å². The van der Waals surface area contributed by atoms with Crippen molar-refractivity contribution in [2.75, 3.05) is 0 Å². The average molecular weight is 792 g/mol. The maximum Gasteiger partial charge on any atom is 0.0547 e. The van der Waals surface area contributed by atoms with Crippen molar-refractivity contribution in [1.29, 1.82) is 0 Å². The number of aromatic nitrogens is 2. The van der Waals surface area contributed by atoms with E-state index in [4.69, 9.17) is 0 Å². The first kappa shape index (κ1) is 33.4. The van der Waals surface area contributed by atoms with E-state index in [9.17, 15) is 0 Å². The third-order valence-electron chi connectivity index (χ3n) is 11.4. The second-order valence-corrected chi connectivity index (χ2v) is 15.6. The molecule has 0 aliphatic heterocycles. The van der Waals surface area contributed by atoms with Crippen molar-refractivity contribution in [2.24, 2.45) is 0 Å². The molecule has 0 fully saturated rings. The van der Waals surface area contributed by atoms with Crippen molar-refractivity contribution in [3.8, 4) is 55.9 Å². The highest BCUT2D eigenvalue weighted by Gasteiger charge is 2.17. The fourth-order valence-electron chi connectivity index (χ4n) is 8.64. The Bertz CT molecular complexity index is 3270. The zero-order valence-corrected chi connectivity index (χ0v) is 32.6. The third-order valence-corrected chi connectivity index (χ3v) is 11.9. The summed E-state index contributed by atoms with van der Waals surface area (Å²) in [6, 6.07) is 77.3. The Morgan fingerprint density at radius 1 is 0.246 bits per heavy atom. The molecule has 0 amide bonds. The van der Waals surface area contributed by atoms with E-state index in [0.29, 0.717) is 0 Å². The average Bonchev–Trinajstić information content (AvgIpc) is 3.79. The highest BCUT2D eigenvalue weighted by Crippen LogP contribution is 2.41. The van der Waals surface area contributed by atoms with Gasteiger partial charge in [0.2, 0.25) is 0 Å². The summed E-state index contributed by atoms with van der Waals surface area (Å²) in [5, 5.41) is 4.97. The predicted octanol–water partition coefficient (Wildman–Crippen LogP) is 15.3. The molecule has 0 aliphatic rings. The molecular formula is C54H35BrN2. The summed E-state index contributed by atoms with van der Waals surface area (Å²) < 4.78 is 5.87. The van der Waals surface area contributed by atoms with Gasteiger partial charge in [-0.15, -0.1) is 0 Å². The van der Waals surface area contributed by atoms with E-state index in [0.717, 1.165) is 15.8 Å². The van der Waals surface area contributed by atoms with Crippen LogP contribution >= 0.6 is 15.9 Å². The largest absolute Gasteiger partial charge is 0.309 e. The molecule has 0 radical (unpaired) electrons. The van der Waals surface area contributed by atoms with Gasteiger partial charge in [-0.1, -0.05) is 143 Å². The van der Waals surface area contributed by atoms with E-state index in [2.05, 4.69) is 237 Å². The van der Waals surface area contributed by atoms with Gasteiger partial charge in [-0.05, 0) is 129 Å². The van der Waals surface area contributed by atoms with Crippen LogP contribution in [0.25, 0.3) is 99.5 Å². The topological polar surface area (TPSA) is 9.86 Å². The summed E-state index contributed by atoms with van der Waals surface area (Å²) in [4.78, 5) is 0. The van der Waals surface area contributed by atoms with Gasteiger partial charge < -0.3 is 9.13 Å². The van der Waals surface area contributed by atoms with Crippen LogP contribution in [0.3, 0.4) is 0 Å². The Kier molecular flexibility index (Phi) is 8.01. The van der Waals surface area contributed by atoms with Crippen LogP contribution in [0.4, 0.5) is 0 Å². The summed E-state index contributed by atoms with van der Waals surface area (Å²) in [7, 11) is 0. The van der Waals surface area contributed by atoms with Gasteiger partial charge in [0, 0.05) is 37.4 Å².